The number of aromatic nitrogens is 1. The Morgan fingerprint density at radius 1 is 1.65 bits per heavy atom. The molecule has 1 fully saturated rings. The number of likely N-dealkylation sites (N-methyl/N-ethyl adjacent to an activating group) is 1. The Hall–Kier alpha value is -0.710. The van der Waals surface area contributed by atoms with Crippen LogP contribution in [-0.2, 0) is 13.1 Å². The van der Waals surface area contributed by atoms with Gasteiger partial charge in [0.25, 0.3) is 0 Å². The van der Waals surface area contributed by atoms with E-state index in [0.29, 0.717) is 0 Å². The third-order valence-corrected chi connectivity index (χ3v) is 3.84. The molecule has 1 heterocycles. The SMILES string of the molecule is C=CCN(CC)Cc1csc(CNC2CC2)n1. The summed E-state index contributed by atoms with van der Waals surface area (Å²) in [5.74, 6) is 0. The van der Waals surface area contributed by atoms with E-state index in [2.05, 4.69) is 34.1 Å². The van der Waals surface area contributed by atoms with Crippen molar-refractivity contribution in [2.45, 2.75) is 38.9 Å². The molecule has 1 saturated carbocycles. The van der Waals surface area contributed by atoms with E-state index in [1.54, 1.807) is 11.3 Å². The Labute approximate surface area is 108 Å². The minimum atomic E-state index is 0.759. The molecule has 3 nitrogen and oxygen atoms in total. The molecule has 0 amide bonds. The number of hydrogen-bond donors (Lipinski definition) is 1. The molecule has 94 valence electrons. The fourth-order valence-electron chi connectivity index (χ4n) is 1.74. The lowest BCUT2D eigenvalue weighted by Crippen LogP contribution is -2.23. The molecule has 2 rings (SSSR count). The summed E-state index contributed by atoms with van der Waals surface area (Å²) in [5, 5.41) is 6.88. The fourth-order valence-corrected chi connectivity index (χ4v) is 2.47. The number of hydrogen-bond acceptors (Lipinski definition) is 4. The van der Waals surface area contributed by atoms with Gasteiger partial charge in [-0.15, -0.1) is 17.9 Å². The first-order chi connectivity index (χ1) is 8.31. The normalized spacial score (nSPS) is 15.4. The van der Waals surface area contributed by atoms with Crippen molar-refractivity contribution >= 4 is 11.3 Å². The third-order valence-electron chi connectivity index (χ3n) is 2.94. The molecule has 0 radical (unpaired) electrons. The van der Waals surface area contributed by atoms with Gasteiger partial charge in [-0.3, -0.25) is 4.90 Å². The molecule has 0 unspecified atom stereocenters. The van der Waals surface area contributed by atoms with Gasteiger partial charge < -0.3 is 5.32 Å². The van der Waals surface area contributed by atoms with Gasteiger partial charge in [0.2, 0.25) is 0 Å². The lowest BCUT2D eigenvalue weighted by Gasteiger charge is -2.16. The van der Waals surface area contributed by atoms with Crippen LogP contribution >= 0.6 is 11.3 Å². The highest BCUT2D eigenvalue weighted by molar-refractivity contribution is 7.09. The third kappa shape index (κ3) is 4.22. The molecule has 0 aliphatic heterocycles. The molecule has 1 aromatic heterocycles. The number of nitrogens with zero attached hydrogens (tertiary/aromatic N) is 2. The molecular weight excluding hydrogens is 230 g/mol. The Morgan fingerprint density at radius 3 is 3.12 bits per heavy atom. The van der Waals surface area contributed by atoms with Crippen molar-refractivity contribution in [1.82, 2.24) is 15.2 Å². The van der Waals surface area contributed by atoms with Crippen LogP contribution in [0.1, 0.15) is 30.5 Å². The van der Waals surface area contributed by atoms with Gasteiger partial charge in [0.15, 0.2) is 0 Å². The molecule has 4 heteroatoms. The van der Waals surface area contributed by atoms with Crippen LogP contribution in [0, 0.1) is 0 Å². The second-order valence-corrected chi connectivity index (χ2v) is 5.45. The largest absolute Gasteiger partial charge is 0.308 e. The zero-order valence-corrected chi connectivity index (χ0v) is 11.3. The summed E-state index contributed by atoms with van der Waals surface area (Å²) >= 11 is 1.76. The van der Waals surface area contributed by atoms with Crippen molar-refractivity contribution in [3.8, 4) is 0 Å². The quantitative estimate of drug-likeness (QED) is 0.719. The monoisotopic (exact) mass is 251 g/mol. The van der Waals surface area contributed by atoms with Crippen LogP contribution in [-0.4, -0.2) is 29.0 Å². The first kappa shape index (κ1) is 12.7. The van der Waals surface area contributed by atoms with E-state index >= 15 is 0 Å². The maximum absolute atomic E-state index is 4.66. The van der Waals surface area contributed by atoms with Gasteiger partial charge in [-0.05, 0) is 19.4 Å². The van der Waals surface area contributed by atoms with E-state index in [1.807, 2.05) is 6.08 Å². The summed E-state index contributed by atoms with van der Waals surface area (Å²) in [6, 6.07) is 0.759. The van der Waals surface area contributed by atoms with E-state index in [4.69, 9.17) is 0 Å². The van der Waals surface area contributed by atoms with Crippen molar-refractivity contribution in [3.05, 3.63) is 28.7 Å². The predicted molar refractivity (Wildman–Crippen MR) is 73.1 cm³/mol. The van der Waals surface area contributed by atoms with Gasteiger partial charge in [0.1, 0.15) is 5.01 Å². The van der Waals surface area contributed by atoms with Gasteiger partial charge in [0, 0.05) is 31.1 Å². The summed E-state index contributed by atoms with van der Waals surface area (Å²) < 4.78 is 0. The summed E-state index contributed by atoms with van der Waals surface area (Å²) in [5.41, 5.74) is 1.19. The van der Waals surface area contributed by atoms with E-state index in [1.165, 1.54) is 23.5 Å². The molecule has 1 aliphatic rings. The van der Waals surface area contributed by atoms with Gasteiger partial charge in [0.05, 0.1) is 5.69 Å². The lowest BCUT2D eigenvalue weighted by molar-refractivity contribution is 0.308. The predicted octanol–water partition coefficient (Wildman–Crippen LogP) is 2.40. The van der Waals surface area contributed by atoms with Crippen LogP contribution in [0.15, 0.2) is 18.0 Å². The molecule has 0 aromatic carbocycles. The summed E-state index contributed by atoms with van der Waals surface area (Å²) in [4.78, 5) is 6.99. The van der Waals surface area contributed by atoms with Crippen molar-refractivity contribution in [2.24, 2.45) is 0 Å². The molecule has 1 aromatic rings. The Bertz CT molecular complexity index is 357. The van der Waals surface area contributed by atoms with E-state index in [-0.39, 0.29) is 0 Å². The van der Waals surface area contributed by atoms with Crippen LogP contribution < -0.4 is 5.32 Å². The standard InChI is InChI=1S/C13H21N3S/c1-3-7-16(4-2)9-12-10-17-13(15-12)8-14-11-5-6-11/h3,10-11,14H,1,4-9H2,2H3. The van der Waals surface area contributed by atoms with Crippen molar-refractivity contribution in [1.29, 1.82) is 0 Å². The number of rotatable bonds is 8. The van der Waals surface area contributed by atoms with Gasteiger partial charge >= 0.3 is 0 Å². The second-order valence-electron chi connectivity index (χ2n) is 4.50. The van der Waals surface area contributed by atoms with Crippen LogP contribution in [0.2, 0.25) is 0 Å². The van der Waals surface area contributed by atoms with Gasteiger partial charge in [-0.25, -0.2) is 4.98 Å². The van der Waals surface area contributed by atoms with E-state index in [9.17, 15) is 0 Å². The molecule has 17 heavy (non-hydrogen) atoms. The highest BCUT2D eigenvalue weighted by Crippen LogP contribution is 2.20. The molecule has 0 saturated heterocycles. The Balaban J connectivity index is 1.81. The summed E-state index contributed by atoms with van der Waals surface area (Å²) in [7, 11) is 0. The molecule has 0 atom stereocenters. The zero-order chi connectivity index (χ0) is 12.1. The smallest absolute Gasteiger partial charge is 0.107 e. The highest BCUT2D eigenvalue weighted by atomic mass is 32.1. The highest BCUT2D eigenvalue weighted by Gasteiger charge is 2.20. The molecule has 1 aliphatic carbocycles. The maximum Gasteiger partial charge on any atom is 0.107 e. The first-order valence-electron chi connectivity index (χ1n) is 6.31. The van der Waals surface area contributed by atoms with Crippen molar-refractivity contribution in [3.63, 3.8) is 0 Å². The maximum atomic E-state index is 4.66. The zero-order valence-electron chi connectivity index (χ0n) is 10.5. The molecular formula is C13H21N3S. The van der Waals surface area contributed by atoms with E-state index < -0.39 is 0 Å². The summed E-state index contributed by atoms with van der Waals surface area (Å²) in [6.45, 7) is 9.80. The average molecular weight is 251 g/mol. The number of nitrogens with one attached hydrogen (secondary N) is 1. The first-order valence-corrected chi connectivity index (χ1v) is 7.19. The molecule has 1 N–H and O–H groups in total. The second kappa shape index (κ2) is 6.28. The van der Waals surface area contributed by atoms with Gasteiger partial charge in [-0.2, -0.15) is 0 Å². The van der Waals surface area contributed by atoms with Crippen molar-refractivity contribution in [2.75, 3.05) is 13.1 Å². The molecule has 0 spiro atoms. The van der Waals surface area contributed by atoms with Crippen molar-refractivity contribution < 1.29 is 0 Å². The van der Waals surface area contributed by atoms with Crippen LogP contribution in [0.4, 0.5) is 0 Å². The fraction of sp³-hybridized carbons (Fsp3) is 0.615. The Morgan fingerprint density at radius 2 is 2.47 bits per heavy atom. The van der Waals surface area contributed by atoms with Crippen LogP contribution in [0.25, 0.3) is 0 Å². The lowest BCUT2D eigenvalue weighted by atomic mass is 10.4. The summed E-state index contributed by atoms with van der Waals surface area (Å²) in [6.07, 6.45) is 4.62. The minimum Gasteiger partial charge on any atom is -0.308 e. The minimum absolute atomic E-state index is 0.759. The van der Waals surface area contributed by atoms with Gasteiger partial charge in [-0.1, -0.05) is 13.0 Å². The topological polar surface area (TPSA) is 28.2 Å². The Kier molecular flexibility index (Phi) is 4.71. The van der Waals surface area contributed by atoms with Crippen LogP contribution in [0.3, 0.4) is 0 Å². The van der Waals surface area contributed by atoms with Crippen LogP contribution in [0.5, 0.6) is 0 Å². The average Bonchev–Trinajstić information content (AvgIpc) is 3.06. The molecule has 0 bridgehead atoms. The van der Waals surface area contributed by atoms with E-state index in [0.717, 1.165) is 32.2 Å². The number of thiazole rings is 1.